The molecule has 0 aliphatic heterocycles. The molecule has 0 amide bonds. The number of hydrogen-bond acceptors (Lipinski definition) is 3. The molecular weight excluding hydrogens is 234 g/mol. The first-order chi connectivity index (χ1) is 9.22. The minimum absolute atomic E-state index is 0.362. The van der Waals surface area contributed by atoms with Crippen LogP contribution in [-0.2, 0) is 12.8 Å². The Labute approximate surface area is 112 Å². The summed E-state index contributed by atoms with van der Waals surface area (Å²) >= 11 is 0. The summed E-state index contributed by atoms with van der Waals surface area (Å²) in [6, 6.07) is 10.4. The number of nitriles is 1. The molecule has 1 aromatic carbocycles. The fraction of sp³-hybridized carbons (Fsp3) is 0.250. The Morgan fingerprint density at radius 3 is 2.79 bits per heavy atom. The molecule has 0 bridgehead atoms. The molecule has 0 fully saturated rings. The van der Waals surface area contributed by atoms with E-state index in [1.165, 1.54) is 11.1 Å². The number of fused-ring (bicyclic) bond motifs is 1. The van der Waals surface area contributed by atoms with Gasteiger partial charge in [-0.3, -0.25) is 0 Å². The first-order valence-corrected chi connectivity index (χ1v) is 6.49. The minimum Gasteiger partial charge on any atom is -0.383 e. The Morgan fingerprint density at radius 1 is 1.26 bits per heavy atom. The largest absolute Gasteiger partial charge is 0.383 e. The highest BCUT2D eigenvalue weighted by Gasteiger charge is 2.23. The predicted octanol–water partition coefficient (Wildman–Crippen LogP) is 3.00. The van der Waals surface area contributed by atoms with E-state index in [2.05, 4.69) is 30.1 Å². The lowest BCUT2D eigenvalue weighted by atomic mass is 9.92. The Balaban J connectivity index is 2.38. The van der Waals surface area contributed by atoms with Crippen LogP contribution in [0.2, 0.25) is 0 Å². The van der Waals surface area contributed by atoms with Crippen molar-refractivity contribution in [1.82, 2.24) is 4.98 Å². The number of nitrogen functional groups attached to an aromatic ring is 1. The van der Waals surface area contributed by atoms with Crippen LogP contribution in [0.4, 0.5) is 5.82 Å². The van der Waals surface area contributed by atoms with Crippen LogP contribution < -0.4 is 5.73 Å². The molecule has 0 spiro atoms. The molecule has 2 N–H and O–H groups in total. The molecule has 0 atom stereocenters. The summed E-state index contributed by atoms with van der Waals surface area (Å²) < 4.78 is 0. The Kier molecular flexibility index (Phi) is 2.72. The second-order valence-electron chi connectivity index (χ2n) is 4.95. The van der Waals surface area contributed by atoms with Crippen LogP contribution in [-0.4, -0.2) is 4.98 Å². The number of anilines is 1. The average Bonchev–Trinajstić information content (AvgIpc) is 2.85. The zero-order valence-corrected chi connectivity index (χ0v) is 10.9. The van der Waals surface area contributed by atoms with Crippen molar-refractivity contribution in [1.29, 1.82) is 5.26 Å². The van der Waals surface area contributed by atoms with Gasteiger partial charge < -0.3 is 5.73 Å². The van der Waals surface area contributed by atoms with Gasteiger partial charge in [0.05, 0.1) is 0 Å². The maximum Gasteiger partial charge on any atom is 0.142 e. The normalized spacial score (nSPS) is 13.1. The van der Waals surface area contributed by atoms with E-state index in [0.717, 1.165) is 36.1 Å². The van der Waals surface area contributed by atoms with Crippen LogP contribution in [0.15, 0.2) is 24.3 Å². The van der Waals surface area contributed by atoms with Crippen molar-refractivity contribution in [3.8, 4) is 17.2 Å². The second-order valence-corrected chi connectivity index (χ2v) is 4.95. The van der Waals surface area contributed by atoms with Crippen LogP contribution in [0.5, 0.6) is 0 Å². The molecule has 3 rings (SSSR count). The van der Waals surface area contributed by atoms with E-state index in [1.807, 2.05) is 12.1 Å². The molecule has 1 aliphatic carbocycles. The van der Waals surface area contributed by atoms with Gasteiger partial charge >= 0.3 is 0 Å². The number of nitrogens with two attached hydrogens (primary N) is 1. The lowest BCUT2D eigenvalue weighted by Gasteiger charge is -2.14. The molecule has 0 saturated heterocycles. The topological polar surface area (TPSA) is 62.7 Å². The van der Waals surface area contributed by atoms with Gasteiger partial charge in [0, 0.05) is 11.3 Å². The molecule has 3 heteroatoms. The lowest BCUT2D eigenvalue weighted by Crippen LogP contribution is -2.04. The van der Waals surface area contributed by atoms with E-state index in [0.29, 0.717) is 11.4 Å². The van der Waals surface area contributed by atoms with E-state index in [9.17, 15) is 5.26 Å². The quantitative estimate of drug-likeness (QED) is 0.845. The van der Waals surface area contributed by atoms with Crippen molar-refractivity contribution in [2.45, 2.75) is 26.2 Å². The second kappa shape index (κ2) is 4.40. The number of pyridine rings is 1. The number of aromatic nitrogens is 1. The molecule has 1 aromatic heterocycles. The zero-order chi connectivity index (χ0) is 13.4. The molecule has 19 heavy (non-hydrogen) atoms. The molecule has 1 aliphatic rings. The first kappa shape index (κ1) is 11.7. The Hall–Kier alpha value is -2.34. The fourth-order valence-electron chi connectivity index (χ4n) is 2.86. The minimum atomic E-state index is 0.362. The maximum atomic E-state index is 9.41. The lowest BCUT2D eigenvalue weighted by molar-refractivity contribution is 0.900. The van der Waals surface area contributed by atoms with E-state index < -0.39 is 0 Å². The zero-order valence-electron chi connectivity index (χ0n) is 10.9. The monoisotopic (exact) mass is 249 g/mol. The Bertz CT molecular complexity index is 695. The van der Waals surface area contributed by atoms with Gasteiger partial charge in [0.1, 0.15) is 17.5 Å². The van der Waals surface area contributed by atoms with Crippen LogP contribution in [0.1, 0.15) is 28.8 Å². The molecule has 0 radical (unpaired) electrons. The summed E-state index contributed by atoms with van der Waals surface area (Å²) in [4.78, 5) is 4.40. The molecule has 2 aromatic rings. The third-order valence-corrected chi connectivity index (χ3v) is 3.78. The van der Waals surface area contributed by atoms with Crippen molar-refractivity contribution in [2.24, 2.45) is 0 Å². The summed E-state index contributed by atoms with van der Waals surface area (Å²) in [5.74, 6) is 0.362. The first-order valence-electron chi connectivity index (χ1n) is 6.49. The van der Waals surface area contributed by atoms with Gasteiger partial charge in [-0.1, -0.05) is 24.3 Å². The van der Waals surface area contributed by atoms with Crippen LogP contribution in [0.3, 0.4) is 0 Å². The van der Waals surface area contributed by atoms with Crippen molar-refractivity contribution >= 4 is 5.82 Å². The Morgan fingerprint density at radius 2 is 2.05 bits per heavy atom. The molecule has 1 heterocycles. The van der Waals surface area contributed by atoms with Crippen molar-refractivity contribution < 1.29 is 0 Å². The highest BCUT2D eigenvalue weighted by molar-refractivity contribution is 5.81. The summed E-state index contributed by atoms with van der Waals surface area (Å²) in [7, 11) is 0. The summed E-state index contributed by atoms with van der Waals surface area (Å²) in [5.41, 5.74) is 12.0. The van der Waals surface area contributed by atoms with Crippen LogP contribution in [0.25, 0.3) is 11.1 Å². The molecule has 0 saturated carbocycles. The number of rotatable bonds is 1. The van der Waals surface area contributed by atoms with E-state index in [1.54, 1.807) is 0 Å². The molecular formula is C16H15N3. The summed E-state index contributed by atoms with van der Waals surface area (Å²) in [6.45, 7) is 2.06. The summed E-state index contributed by atoms with van der Waals surface area (Å²) in [6.07, 6.45) is 3.04. The van der Waals surface area contributed by atoms with Gasteiger partial charge in [0.25, 0.3) is 0 Å². The predicted molar refractivity (Wildman–Crippen MR) is 75.6 cm³/mol. The maximum absolute atomic E-state index is 9.41. The molecule has 3 nitrogen and oxygen atoms in total. The van der Waals surface area contributed by atoms with Crippen LogP contribution in [0, 0.1) is 18.3 Å². The highest BCUT2D eigenvalue weighted by atomic mass is 14.9. The third kappa shape index (κ3) is 1.77. The van der Waals surface area contributed by atoms with Gasteiger partial charge in [-0.25, -0.2) is 4.98 Å². The van der Waals surface area contributed by atoms with E-state index >= 15 is 0 Å². The van der Waals surface area contributed by atoms with E-state index in [-0.39, 0.29) is 0 Å². The number of nitrogens with zero attached hydrogens (tertiary/aromatic N) is 2. The third-order valence-electron chi connectivity index (χ3n) is 3.78. The number of hydrogen-bond donors (Lipinski definition) is 1. The van der Waals surface area contributed by atoms with E-state index in [4.69, 9.17) is 5.73 Å². The standard InChI is InChI=1S/C16H15N3/c1-10-5-2-3-6-11(10)15-12-7-4-8-14(12)19-16(18)13(15)9-17/h2-3,5-6H,4,7-8H2,1H3,(H2,18,19). The smallest absolute Gasteiger partial charge is 0.142 e. The van der Waals surface area contributed by atoms with Gasteiger partial charge in [-0.15, -0.1) is 0 Å². The summed E-state index contributed by atoms with van der Waals surface area (Å²) in [5, 5.41) is 9.41. The van der Waals surface area contributed by atoms with Gasteiger partial charge in [0.2, 0.25) is 0 Å². The van der Waals surface area contributed by atoms with Gasteiger partial charge in [-0.2, -0.15) is 5.26 Å². The number of aryl methyl sites for hydroxylation is 2. The molecule has 94 valence electrons. The van der Waals surface area contributed by atoms with Crippen molar-refractivity contribution in [2.75, 3.05) is 5.73 Å². The molecule has 0 unspecified atom stereocenters. The van der Waals surface area contributed by atoms with Gasteiger partial charge in [-0.05, 0) is 42.9 Å². The van der Waals surface area contributed by atoms with Crippen LogP contribution >= 0.6 is 0 Å². The average molecular weight is 249 g/mol. The van der Waals surface area contributed by atoms with Crippen molar-refractivity contribution in [3.63, 3.8) is 0 Å². The highest BCUT2D eigenvalue weighted by Crippen LogP contribution is 2.37. The fourth-order valence-corrected chi connectivity index (χ4v) is 2.86. The van der Waals surface area contributed by atoms with Gasteiger partial charge in [0.15, 0.2) is 0 Å². The number of benzene rings is 1. The van der Waals surface area contributed by atoms with Crippen molar-refractivity contribution in [3.05, 3.63) is 46.6 Å². The SMILES string of the molecule is Cc1ccccc1-c1c(C#N)c(N)nc2c1CCC2.